The molecule has 0 spiro atoms. The fourth-order valence-corrected chi connectivity index (χ4v) is 2.44. The number of fused-ring (bicyclic) bond motifs is 1. The van der Waals surface area contributed by atoms with Crippen LogP contribution in [0.2, 0.25) is 0 Å². The zero-order valence-corrected chi connectivity index (χ0v) is 12.8. The van der Waals surface area contributed by atoms with Crippen molar-refractivity contribution in [2.24, 2.45) is 0 Å². The second kappa shape index (κ2) is 6.10. The molecule has 23 heavy (non-hydrogen) atoms. The molecule has 3 aromatic rings. The van der Waals surface area contributed by atoms with Crippen molar-refractivity contribution < 1.29 is 19.5 Å². The number of para-hydroxylation sites is 1. The maximum absolute atomic E-state index is 11.2. The number of rotatable bonds is 4. The number of nitrogens with zero attached hydrogens (tertiary/aromatic N) is 2. The van der Waals surface area contributed by atoms with Crippen molar-refractivity contribution in [3.63, 3.8) is 0 Å². The number of carbonyl (C=O) groups is 1. The van der Waals surface area contributed by atoms with Crippen LogP contribution in [0.25, 0.3) is 10.9 Å². The Bertz CT molecular complexity index is 839. The Hall–Kier alpha value is -2.86. The Kier molecular flexibility index (Phi) is 3.99. The Morgan fingerprint density at radius 1 is 1.26 bits per heavy atom. The van der Waals surface area contributed by atoms with Gasteiger partial charge in [-0.3, -0.25) is 4.98 Å². The maximum Gasteiger partial charge on any atom is 0.329 e. The van der Waals surface area contributed by atoms with E-state index in [2.05, 4.69) is 4.98 Å². The van der Waals surface area contributed by atoms with Gasteiger partial charge in [-0.2, -0.15) is 4.73 Å². The number of hydrogen-bond donors (Lipinski definition) is 1. The minimum absolute atomic E-state index is 0.436. The number of pyridine rings is 1. The molecule has 2 aromatic heterocycles. The van der Waals surface area contributed by atoms with Crippen LogP contribution in [0.3, 0.4) is 0 Å². The van der Waals surface area contributed by atoms with Crippen LogP contribution >= 0.6 is 0 Å². The lowest BCUT2D eigenvalue weighted by molar-refractivity contribution is -0.140. The molecule has 0 aliphatic carbocycles. The van der Waals surface area contributed by atoms with Gasteiger partial charge in [-0.05, 0) is 18.2 Å². The summed E-state index contributed by atoms with van der Waals surface area (Å²) in [5.41, 5.74) is 1.79. The van der Waals surface area contributed by atoms with Gasteiger partial charge in [0.25, 0.3) is 0 Å². The van der Waals surface area contributed by atoms with Gasteiger partial charge in [-0.1, -0.05) is 18.2 Å². The third-order valence-corrected chi connectivity index (χ3v) is 3.51. The molecule has 0 amide bonds. The summed E-state index contributed by atoms with van der Waals surface area (Å²) in [6, 6.07) is 10.8. The van der Waals surface area contributed by atoms with E-state index in [1.165, 1.54) is 11.7 Å². The molecule has 2 heterocycles. The Morgan fingerprint density at radius 2 is 2.04 bits per heavy atom. The molecule has 0 radical (unpaired) electrons. The van der Waals surface area contributed by atoms with Gasteiger partial charge in [0, 0.05) is 17.9 Å². The highest BCUT2D eigenvalue weighted by Crippen LogP contribution is 2.29. The molecule has 1 atom stereocenters. The van der Waals surface area contributed by atoms with Crippen LogP contribution in [-0.2, 0) is 4.79 Å². The molecule has 0 aliphatic rings. The maximum atomic E-state index is 11.2. The average Bonchev–Trinajstić information content (AvgIpc) is 2.92. The van der Waals surface area contributed by atoms with Crippen LogP contribution in [0, 0.1) is 0 Å². The van der Waals surface area contributed by atoms with E-state index >= 15 is 0 Å². The van der Waals surface area contributed by atoms with E-state index in [1.807, 2.05) is 24.3 Å². The number of hydrogen-bond acceptors (Lipinski definition) is 5. The summed E-state index contributed by atoms with van der Waals surface area (Å²) in [5.74, 6) is 0.178. The molecule has 118 valence electrons. The van der Waals surface area contributed by atoms with E-state index in [0.717, 1.165) is 5.39 Å². The fraction of sp³-hybridized carbons (Fsp3) is 0.176. The molecule has 6 nitrogen and oxygen atoms in total. The Labute approximate surface area is 132 Å². The summed E-state index contributed by atoms with van der Waals surface area (Å²) >= 11 is 0. The molecular formula is C17H16N2O4. The lowest BCUT2D eigenvalue weighted by Gasteiger charge is -2.09. The molecule has 0 fully saturated rings. The highest BCUT2D eigenvalue weighted by atomic mass is 16.7. The first-order valence-corrected chi connectivity index (χ1v) is 7.07. The zero-order chi connectivity index (χ0) is 16.4. The van der Waals surface area contributed by atoms with E-state index in [-0.39, 0.29) is 0 Å². The van der Waals surface area contributed by atoms with Crippen LogP contribution < -0.4 is 9.57 Å². The normalized spacial score (nSPS) is 12.1. The van der Waals surface area contributed by atoms with E-state index in [9.17, 15) is 9.90 Å². The summed E-state index contributed by atoms with van der Waals surface area (Å²) in [6.07, 6.45) is 2.20. The third-order valence-electron chi connectivity index (χ3n) is 3.51. The number of carbonyl (C=O) groups excluding carboxylic acids is 1. The number of ether oxygens (including phenoxy) is 1. The predicted molar refractivity (Wildman–Crippen MR) is 84.0 cm³/mol. The Balaban J connectivity index is 2.05. The van der Waals surface area contributed by atoms with Gasteiger partial charge < -0.3 is 14.7 Å². The van der Waals surface area contributed by atoms with Crippen molar-refractivity contribution in [2.45, 2.75) is 13.0 Å². The summed E-state index contributed by atoms with van der Waals surface area (Å²) in [5, 5.41) is 11.4. The number of methoxy groups -OCH3 is 1. The first-order chi connectivity index (χ1) is 11.1. The van der Waals surface area contributed by atoms with Crippen LogP contribution in [0.4, 0.5) is 0 Å². The van der Waals surface area contributed by atoms with Gasteiger partial charge in [-0.15, -0.1) is 0 Å². The van der Waals surface area contributed by atoms with Gasteiger partial charge in [0.05, 0.1) is 30.7 Å². The van der Waals surface area contributed by atoms with Gasteiger partial charge in [0.15, 0.2) is 0 Å². The lowest BCUT2D eigenvalue weighted by atomic mass is 10.1. The largest absolute Gasteiger partial charge is 0.495 e. The first-order valence-electron chi connectivity index (χ1n) is 7.07. The quantitative estimate of drug-likeness (QED) is 0.798. The summed E-state index contributed by atoms with van der Waals surface area (Å²) < 4.78 is 6.43. The number of benzene rings is 1. The molecule has 1 unspecified atom stereocenters. The molecule has 0 saturated heterocycles. The summed E-state index contributed by atoms with van der Waals surface area (Å²) in [6.45, 7) is 1.33. The van der Waals surface area contributed by atoms with Gasteiger partial charge in [-0.25, -0.2) is 4.79 Å². The first kappa shape index (κ1) is 15.1. The fourth-order valence-electron chi connectivity index (χ4n) is 2.44. The third kappa shape index (κ3) is 2.89. The van der Waals surface area contributed by atoms with Crippen molar-refractivity contribution in [2.75, 3.05) is 7.11 Å². The number of aliphatic hydroxyl groups is 1. The second-order valence-corrected chi connectivity index (χ2v) is 5.04. The van der Waals surface area contributed by atoms with E-state index in [4.69, 9.17) is 9.57 Å². The van der Waals surface area contributed by atoms with Gasteiger partial charge in [0.1, 0.15) is 11.9 Å². The standard InChI is InChI=1S/C17H16N2O4/c1-11(20)23-19-10-14(13-5-3-4-6-16(13)19)17(21)15-8-7-12(22-2)9-18-15/h3-10,17,21H,1-2H3. The lowest BCUT2D eigenvalue weighted by Crippen LogP contribution is -2.15. The molecular weight excluding hydrogens is 296 g/mol. The van der Waals surface area contributed by atoms with Crippen LogP contribution in [-0.4, -0.2) is 27.9 Å². The molecule has 0 aliphatic heterocycles. The second-order valence-electron chi connectivity index (χ2n) is 5.04. The minimum Gasteiger partial charge on any atom is -0.495 e. The molecule has 0 bridgehead atoms. The van der Waals surface area contributed by atoms with Crippen molar-refractivity contribution in [3.05, 3.63) is 60.0 Å². The van der Waals surface area contributed by atoms with Crippen molar-refractivity contribution >= 4 is 16.9 Å². The molecule has 3 rings (SSSR count). The van der Waals surface area contributed by atoms with E-state index in [0.29, 0.717) is 22.5 Å². The predicted octanol–water partition coefficient (Wildman–Crippen LogP) is 2.10. The summed E-state index contributed by atoms with van der Waals surface area (Å²) in [7, 11) is 1.56. The number of aromatic nitrogens is 2. The van der Waals surface area contributed by atoms with Crippen molar-refractivity contribution in [3.8, 4) is 5.75 Å². The van der Waals surface area contributed by atoms with E-state index < -0.39 is 12.1 Å². The zero-order valence-electron chi connectivity index (χ0n) is 12.8. The van der Waals surface area contributed by atoms with Gasteiger partial charge >= 0.3 is 5.97 Å². The molecule has 0 saturated carbocycles. The van der Waals surface area contributed by atoms with Crippen molar-refractivity contribution in [1.29, 1.82) is 0 Å². The summed E-state index contributed by atoms with van der Waals surface area (Å²) in [4.78, 5) is 20.6. The van der Waals surface area contributed by atoms with Crippen molar-refractivity contribution in [1.82, 2.24) is 9.71 Å². The topological polar surface area (TPSA) is 73.6 Å². The van der Waals surface area contributed by atoms with E-state index in [1.54, 1.807) is 31.6 Å². The van der Waals surface area contributed by atoms with Gasteiger partial charge in [0.2, 0.25) is 0 Å². The smallest absolute Gasteiger partial charge is 0.329 e. The highest BCUT2D eigenvalue weighted by Gasteiger charge is 2.19. The van der Waals surface area contributed by atoms with Crippen LogP contribution in [0.15, 0.2) is 48.8 Å². The monoisotopic (exact) mass is 312 g/mol. The van der Waals surface area contributed by atoms with Crippen LogP contribution in [0.5, 0.6) is 5.75 Å². The molecule has 6 heteroatoms. The average molecular weight is 312 g/mol. The SMILES string of the molecule is COc1ccc(C(O)c2cn(OC(C)=O)c3ccccc23)nc1. The number of aliphatic hydroxyl groups excluding tert-OH is 1. The van der Waals surface area contributed by atoms with Crippen LogP contribution in [0.1, 0.15) is 24.3 Å². The highest BCUT2D eigenvalue weighted by molar-refractivity contribution is 5.85. The molecule has 1 N–H and O–H groups in total. The Morgan fingerprint density at radius 3 is 2.70 bits per heavy atom. The minimum atomic E-state index is -0.942. The molecule has 1 aromatic carbocycles.